The van der Waals surface area contributed by atoms with Gasteiger partial charge in [-0.05, 0) is 87.2 Å². The molecule has 0 bridgehead atoms. The van der Waals surface area contributed by atoms with E-state index >= 15 is 0 Å². The SMILES string of the molecule is CCCCCC[C@H]1CC[C@H](C=CC#CC=C[C@H]2CC[C@H](CCCCCC)CC2)CC1. The van der Waals surface area contributed by atoms with Crippen LogP contribution in [0, 0.1) is 35.5 Å². The predicted octanol–water partition coefficient (Wildman–Crippen LogP) is 9.66. The van der Waals surface area contributed by atoms with E-state index in [-0.39, 0.29) is 0 Å². The third-order valence-corrected chi connectivity index (χ3v) is 7.70. The van der Waals surface area contributed by atoms with E-state index in [9.17, 15) is 0 Å². The summed E-state index contributed by atoms with van der Waals surface area (Å²) in [5, 5.41) is 0. The van der Waals surface area contributed by atoms with Crippen LogP contribution in [0.4, 0.5) is 0 Å². The van der Waals surface area contributed by atoms with Gasteiger partial charge in [-0.1, -0.05) is 102 Å². The Morgan fingerprint density at radius 3 is 1.30 bits per heavy atom. The summed E-state index contributed by atoms with van der Waals surface area (Å²) in [5.41, 5.74) is 0. The van der Waals surface area contributed by atoms with E-state index in [1.54, 1.807) is 0 Å². The fourth-order valence-corrected chi connectivity index (χ4v) is 5.52. The lowest BCUT2D eigenvalue weighted by atomic mass is 9.79. The quantitative estimate of drug-likeness (QED) is 0.222. The van der Waals surface area contributed by atoms with Gasteiger partial charge in [-0.25, -0.2) is 0 Å². The highest BCUT2D eigenvalue weighted by Gasteiger charge is 2.19. The van der Waals surface area contributed by atoms with Crippen LogP contribution in [0.5, 0.6) is 0 Å². The predicted molar refractivity (Wildman–Crippen MR) is 134 cm³/mol. The van der Waals surface area contributed by atoms with Crippen molar-refractivity contribution < 1.29 is 0 Å². The fraction of sp³-hybridized carbons (Fsp3) is 0.800. The highest BCUT2D eigenvalue weighted by molar-refractivity contribution is 5.24. The van der Waals surface area contributed by atoms with E-state index in [2.05, 4.69) is 50.0 Å². The molecule has 0 radical (unpaired) electrons. The van der Waals surface area contributed by atoms with Crippen molar-refractivity contribution in [1.82, 2.24) is 0 Å². The van der Waals surface area contributed by atoms with Crippen molar-refractivity contribution in [2.24, 2.45) is 23.7 Å². The van der Waals surface area contributed by atoms with Crippen molar-refractivity contribution in [1.29, 1.82) is 0 Å². The van der Waals surface area contributed by atoms with Gasteiger partial charge in [0.25, 0.3) is 0 Å². The van der Waals surface area contributed by atoms with E-state index < -0.39 is 0 Å². The van der Waals surface area contributed by atoms with Gasteiger partial charge in [-0.15, -0.1) is 0 Å². The van der Waals surface area contributed by atoms with Crippen LogP contribution in [-0.2, 0) is 0 Å². The molecule has 170 valence electrons. The molecule has 0 aromatic heterocycles. The minimum atomic E-state index is 0.780. The first-order valence-corrected chi connectivity index (χ1v) is 13.7. The van der Waals surface area contributed by atoms with E-state index in [1.807, 2.05) is 0 Å². The number of rotatable bonds is 12. The number of hydrogen-bond donors (Lipinski definition) is 0. The van der Waals surface area contributed by atoms with E-state index in [4.69, 9.17) is 0 Å². The monoisotopic (exact) mass is 410 g/mol. The van der Waals surface area contributed by atoms with E-state index in [0.717, 1.165) is 23.7 Å². The fourth-order valence-electron chi connectivity index (χ4n) is 5.52. The maximum atomic E-state index is 3.26. The van der Waals surface area contributed by atoms with Gasteiger partial charge < -0.3 is 0 Å². The maximum absolute atomic E-state index is 3.26. The topological polar surface area (TPSA) is 0 Å². The maximum Gasteiger partial charge on any atom is -0.0153 e. The Balaban J connectivity index is 1.53. The molecular formula is C30H50. The molecule has 0 spiro atoms. The van der Waals surface area contributed by atoms with Gasteiger partial charge in [-0.3, -0.25) is 0 Å². The molecule has 30 heavy (non-hydrogen) atoms. The molecule has 0 unspecified atom stereocenters. The largest absolute Gasteiger partial charge is 0.0730 e. The molecule has 2 rings (SSSR count). The van der Waals surface area contributed by atoms with Gasteiger partial charge >= 0.3 is 0 Å². The smallest absolute Gasteiger partial charge is 0.0153 e. The Bertz CT molecular complexity index is 466. The van der Waals surface area contributed by atoms with Gasteiger partial charge in [-0.2, -0.15) is 0 Å². The molecule has 0 N–H and O–H groups in total. The minimum absolute atomic E-state index is 0.780. The molecule has 0 heterocycles. The first-order chi connectivity index (χ1) is 14.8. The molecule has 0 amide bonds. The highest BCUT2D eigenvalue weighted by atomic mass is 14.2. The summed E-state index contributed by atoms with van der Waals surface area (Å²) < 4.78 is 0. The Kier molecular flexibility index (Phi) is 14.1. The Morgan fingerprint density at radius 1 is 0.533 bits per heavy atom. The lowest BCUT2D eigenvalue weighted by Crippen LogP contribution is -2.13. The molecule has 2 aliphatic carbocycles. The number of allylic oxidation sites excluding steroid dienone is 4. The molecule has 0 heteroatoms. The first-order valence-electron chi connectivity index (χ1n) is 13.7. The second kappa shape index (κ2) is 16.7. The van der Waals surface area contributed by atoms with Crippen LogP contribution in [0.3, 0.4) is 0 Å². The van der Waals surface area contributed by atoms with Crippen LogP contribution < -0.4 is 0 Å². The Labute approximate surface area is 189 Å². The summed E-state index contributed by atoms with van der Waals surface area (Å²) >= 11 is 0. The Hall–Kier alpha value is -0.960. The Morgan fingerprint density at radius 2 is 0.933 bits per heavy atom. The number of hydrogen-bond acceptors (Lipinski definition) is 0. The van der Waals surface area contributed by atoms with Crippen molar-refractivity contribution in [3.8, 4) is 11.8 Å². The van der Waals surface area contributed by atoms with Crippen LogP contribution >= 0.6 is 0 Å². The second-order valence-electron chi connectivity index (χ2n) is 10.3. The van der Waals surface area contributed by atoms with Crippen LogP contribution in [0.1, 0.15) is 129 Å². The average Bonchev–Trinajstić information content (AvgIpc) is 2.78. The van der Waals surface area contributed by atoms with Gasteiger partial charge in [0.2, 0.25) is 0 Å². The summed E-state index contributed by atoms with van der Waals surface area (Å²) in [4.78, 5) is 0. The zero-order valence-corrected chi connectivity index (χ0v) is 20.3. The van der Waals surface area contributed by atoms with Crippen molar-refractivity contribution in [2.75, 3.05) is 0 Å². The molecule has 0 aromatic rings. The van der Waals surface area contributed by atoms with Crippen LogP contribution in [-0.4, -0.2) is 0 Å². The summed E-state index contributed by atoms with van der Waals surface area (Å²) in [5.74, 6) is 10.1. The van der Waals surface area contributed by atoms with Crippen molar-refractivity contribution >= 4 is 0 Å². The van der Waals surface area contributed by atoms with Crippen molar-refractivity contribution in [3.63, 3.8) is 0 Å². The first kappa shape index (κ1) is 25.3. The zero-order chi connectivity index (χ0) is 21.3. The van der Waals surface area contributed by atoms with E-state index in [0.29, 0.717) is 0 Å². The zero-order valence-electron chi connectivity index (χ0n) is 20.3. The van der Waals surface area contributed by atoms with Crippen LogP contribution in [0.15, 0.2) is 24.3 Å². The molecule has 2 aliphatic rings. The lowest BCUT2D eigenvalue weighted by molar-refractivity contribution is 0.289. The summed E-state index contributed by atoms with van der Waals surface area (Å²) in [7, 11) is 0. The molecule has 0 saturated heterocycles. The standard InChI is InChI=1S/C30H50/c1-3-5-7-11-15-27-19-23-29(24-20-27)17-13-9-10-14-18-30-25-21-28(22-26-30)16-12-8-6-4-2/h13-14,17-18,27-30H,3-8,11-12,15-16,19-26H2,1-2H3/t27-,28-,29-,30-. The summed E-state index contributed by atoms with van der Waals surface area (Å²) in [6, 6.07) is 0. The van der Waals surface area contributed by atoms with E-state index in [1.165, 1.54) is 116 Å². The van der Waals surface area contributed by atoms with Gasteiger partial charge in [0.1, 0.15) is 0 Å². The van der Waals surface area contributed by atoms with Crippen molar-refractivity contribution in [2.45, 2.75) is 129 Å². The molecule has 2 saturated carbocycles. The third kappa shape index (κ3) is 11.4. The number of unbranched alkanes of at least 4 members (excludes halogenated alkanes) is 6. The van der Waals surface area contributed by atoms with Crippen molar-refractivity contribution in [3.05, 3.63) is 24.3 Å². The molecule has 0 atom stereocenters. The molecule has 0 nitrogen and oxygen atoms in total. The third-order valence-electron chi connectivity index (χ3n) is 7.70. The highest BCUT2D eigenvalue weighted by Crippen LogP contribution is 2.33. The molecule has 2 fully saturated rings. The molecular weight excluding hydrogens is 360 g/mol. The summed E-state index contributed by atoms with van der Waals surface area (Å²) in [6.45, 7) is 4.61. The minimum Gasteiger partial charge on any atom is -0.0730 e. The molecule has 0 aromatic carbocycles. The average molecular weight is 411 g/mol. The lowest BCUT2D eigenvalue weighted by Gasteiger charge is -2.26. The van der Waals surface area contributed by atoms with Crippen LogP contribution in [0.25, 0.3) is 0 Å². The van der Waals surface area contributed by atoms with Crippen LogP contribution in [0.2, 0.25) is 0 Å². The van der Waals surface area contributed by atoms with Gasteiger partial charge in [0.15, 0.2) is 0 Å². The summed E-state index contributed by atoms with van der Waals surface area (Å²) in [6.07, 6.45) is 34.6. The van der Waals surface area contributed by atoms with Gasteiger partial charge in [0, 0.05) is 0 Å². The van der Waals surface area contributed by atoms with Gasteiger partial charge in [0.05, 0.1) is 0 Å². The molecule has 0 aliphatic heterocycles. The normalized spacial score (nSPS) is 27.4. The second-order valence-corrected chi connectivity index (χ2v) is 10.3.